The molecule has 31 heavy (non-hydrogen) atoms. The Morgan fingerprint density at radius 3 is 2.74 bits per heavy atom. The maximum atomic E-state index is 13.2. The first-order valence-corrected chi connectivity index (χ1v) is 11.1. The van der Waals surface area contributed by atoms with E-state index in [0.29, 0.717) is 11.5 Å². The topological polar surface area (TPSA) is 79.6 Å². The molecular weight excluding hydrogens is 390 g/mol. The van der Waals surface area contributed by atoms with Gasteiger partial charge in [-0.25, -0.2) is 4.98 Å². The van der Waals surface area contributed by atoms with E-state index in [4.69, 9.17) is 0 Å². The lowest BCUT2D eigenvalue weighted by Gasteiger charge is -2.27. The number of carbonyl (C=O) groups excluding carboxylic acids is 1. The van der Waals surface area contributed by atoms with Gasteiger partial charge in [0.2, 0.25) is 5.91 Å². The maximum absolute atomic E-state index is 13.2. The lowest BCUT2D eigenvalue weighted by Crippen LogP contribution is -2.47. The summed E-state index contributed by atoms with van der Waals surface area (Å²) in [5.74, 6) is 0.673. The van der Waals surface area contributed by atoms with Crippen LogP contribution in [-0.4, -0.2) is 33.1 Å². The van der Waals surface area contributed by atoms with E-state index >= 15 is 0 Å². The Balaban J connectivity index is 1.39. The molecule has 2 aromatic heterocycles. The second-order valence-electron chi connectivity index (χ2n) is 8.59. The number of amides is 1. The highest BCUT2D eigenvalue weighted by molar-refractivity contribution is 5.86. The van der Waals surface area contributed by atoms with Gasteiger partial charge in [0.15, 0.2) is 5.65 Å². The van der Waals surface area contributed by atoms with Gasteiger partial charge in [-0.3, -0.25) is 9.59 Å². The van der Waals surface area contributed by atoms with Gasteiger partial charge in [0.1, 0.15) is 11.9 Å². The van der Waals surface area contributed by atoms with Gasteiger partial charge in [-0.05, 0) is 49.8 Å². The van der Waals surface area contributed by atoms with Crippen molar-refractivity contribution in [3.05, 3.63) is 70.1 Å². The number of hydrogen-bond acceptors (Lipinski definition) is 5. The number of benzene rings is 1. The summed E-state index contributed by atoms with van der Waals surface area (Å²) in [6.45, 7) is 2.80. The Morgan fingerprint density at radius 2 is 2.00 bits per heavy atom. The molecule has 2 fully saturated rings. The van der Waals surface area contributed by atoms with Crippen molar-refractivity contribution in [2.24, 2.45) is 0 Å². The molecule has 7 nitrogen and oxygen atoms in total. The van der Waals surface area contributed by atoms with Gasteiger partial charge in [0.05, 0.1) is 5.54 Å². The summed E-state index contributed by atoms with van der Waals surface area (Å²) in [5.41, 5.74) is 2.07. The highest BCUT2D eigenvalue weighted by atomic mass is 16.2. The van der Waals surface area contributed by atoms with E-state index in [0.717, 1.165) is 56.3 Å². The van der Waals surface area contributed by atoms with Crippen LogP contribution in [0, 0.1) is 0 Å². The molecule has 0 unspecified atom stereocenters. The summed E-state index contributed by atoms with van der Waals surface area (Å²) in [4.78, 5) is 32.4. The van der Waals surface area contributed by atoms with E-state index in [9.17, 15) is 9.59 Å². The maximum Gasteiger partial charge on any atom is 0.274 e. The SMILES string of the molecule is CCCc1cc(=O)n2nc(N3CCC[C@@H]3C(=O)NC3(c4ccccc4)CC3)ccc2n1. The Hall–Kier alpha value is -3.22. The van der Waals surface area contributed by atoms with Gasteiger partial charge in [-0.1, -0.05) is 43.7 Å². The molecule has 1 aliphatic heterocycles. The summed E-state index contributed by atoms with van der Waals surface area (Å²) in [7, 11) is 0. The molecule has 1 atom stereocenters. The van der Waals surface area contributed by atoms with Crippen LogP contribution in [-0.2, 0) is 16.8 Å². The summed E-state index contributed by atoms with van der Waals surface area (Å²) in [6.07, 6.45) is 5.32. The first kappa shape index (κ1) is 19.7. The average Bonchev–Trinajstić information content (AvgIpc) is 3.39. The van der Waals surface area contributed by atoms with Crippen LogP contribution < -0.4 is 15.8 Å². The standard InChI is InChI=1S/C24H27N5O2/c1-2-7-18-16-22(30)29-20(25-18)11-12-21(27-29)28-15-6-10-19(28)23(31)26-24(13-14-24)17-8-4-3-5-9-17/h3-5,8-9,11-12,16,19H,2,6-7,10,13-15H2,1H3,(H,26,31)/t19-/m1/s1. The number of carbonyl (C=O) groups is 1. The second-order valence-corrected chi connectivity index (χ2v) is 8.59. The molecule has 0 bridgehead atoms. The number of rotatable bonds is 6. The van der Waals surface area contributed by atoms with E-state index in [1.54, 1.807) is 6.07 Å². The Labute approximate surface area is 181 Å². The van der Waals surface area contributed by atoms with Crippen LogP contribution in [0.3, 0.4) is 0 Å². The Kier molecular flexibility index (Phi) is 4.96. The Morgan fingerprint density at radius 1 is 1.19 bits per heavy atom. The minimum atomic E-state index is -0.283. The minimum absolute atomic E-state index is 0.0320. The molecular formula is C24H27N5O2. The van der Waals surface area contributed by atoms with Crippen molar-refractivity contribution < 1.29 is 4.79 Å². The molecule has 5 rings (SSSR count). The van der Waals surface area contributed by atoms with Crippen LogP contribution in [0.2, 0.25) is 0 Å². The van der Waals surface area contributed by atoms with Gasteiger partial charge in [0.25, 0.3) is 5.56 Å². The number of aryl methyl sites for hydroxylation is 1. The van der Waals surface area contributed by atoms with E-state index < -0.39 is 0 Å². The van der Waals surface area contributed by atoms with E-state index in [-0.39, 0.29) is 23.0 Å². The number of fused-ring (bicyclic) bond motifs is 1. The van der Waals surface area contributed by atoms with E-state index in [1.807, 2.05) is 35.2 Å². The number of nitrogens with zero attached hydrogens (tertiary/aromatic N) is 4. The molecule has 0 radical (unpaired) electrons. The van der Waals surface area contributed by atoms with Crippen molar-refractivity contribution in [3.63, 3.8) is 0 Å². The van der Waals surface area contributed by atoms with E-state index in [2.05, 4.69) is 34.5 Å². The van der Waals surface area contributed by atoms with Gasteiger partial charge >= 0.3 is 0 Å². The predicted molar refractivity (Wildman–Crippen MR) is 119 cm³/mol. The molecule has 2 aliphatic rings. The molecule has 1 saturated carbocycles. The fourth-order valence-corrected chi connectivity index (χ4v) is 4.57. The third kappa shape index (κ3) is 3.69. The zero-order valence-corrected chi connectivity index (χ0v) is 17.8. The summed E-state index contributed by atoms with van der Waals surface area (Å²) in [5, 5.41) is 7.85. The molecule has 1 amide bonds. The van der Waals surface area contributed by atoms with Crippen molar-refractivity contribution in [1.82, 2.24) is 19.9 Å². The largest absolute Gasteiger partial charge is 0.345 e. The summed E-state index contributed by atoms with van der Waals surface area (Å²) < 4.78 is 1.34. The Bertz CT molecular complexity index is 1170. The van der Waals surface area contributed by atoms with Crippen molar-refractivity contribution in [2.75, 3.05) is 11.4 Å². The molecule has 3 heterocycles. The molecule has 1 aromatic carbocycles. The number of hydrogen-bond donors (Lipinski definition) is 1. The smallest absolute Gasteiger partial charge is 0.274 e. The van der Waals surface area contributed by atoms with Crippen LogP contribution >= 0.6 is 0 Å². The zero-order valence-electron chi connectivity index (χ0n) is 17.8. The fourth-order valence-electron chi connectivity index (χ4n) is 4.57. The van der Waals surface area contributed by atoms with Gasteiger partial charge in [-0.15, -0.1) is 5.10 Å². The number of aromatic nitrogens is 3. The quantitative estimate of drug-likeness (QED) is 0.667. The first-order valence-electron chi connectivity index (χ1n) is 11.1. The van der Waals surface area contributed by atoms with Gasteiger partial charge < -0.3 is 10.2 Å². The third-order valence-electron chi connectivity index (χ3n) is 6.35. The average molecular weight is 418 g/mol. The van der Waals surface area contributed by atoms with Crippen molar-refractivity contribution in [3.8, 4) is 0 Å². The molecule has 1 saturated heterocycles. The minimum Gasteiger partial charge on any atom is -0.345 e. The monoisotopic (exact) mass is 417 g/mol. The molecule has 3 aromatic rings. The predicted octanol–water partition coefficient (Wildman–Crippen LogP) is 2.82. The normalized spacial score (nSPS) is 19.5. The zero-order chi connectivity index (χ0) is 21.4. The lowest BCUT2D eigenvalue weighted by atomic mass is 10.0. The van der Waals surface area contributed by atoms with Crippen LogP contribution in [0.15, 0.2) is 53.3 Å². The van der Waals surface area contributed by atoms with Crippen molar-refractivity contribution in [1.29, 1.82) is 0 Å². The fraction of sp³-hybridized carbons (Fsp3) is 0.417. The lowest BCUT2D eigenvalue weighted by molar-refractivity contribution is -0.123. The highest BCUT2D eigenvalue weighted by Gasteiger charge is 2.47. The molecule has 1 N–H and O–H groups in total. The van der Waals surface area contributed by atoms with Crippen molar-refractivity contribution in [2.45, 2.75) is 57.0 Å². The second kappa shape index (κ2) is 7.80. The third-order valence-corrected chi connectivity index (χ3v) is 6.35. The first-order chi connectivity index (χ1) is 15.1. The highest BCUT2D eigenvalue weighted by Crippen LogP contribution is 2.45. The number of anilines is 1. The summed E-state index contributed by atoms with van der Waals surface area (Å²) in [6, 6.07) is 15.1. The van der Waals surface area contributed by atoms with Crippen LogP contribution in [0.1, 0.15) is 50.3 Å². The number of nitrogens with one attached hydrogen (secondary N) is 1. The van der Waals surface area contributed by atoms with Crippen LogP contribution in [0.25, 0.3) is 5.65 Å². The van der Waals surface area contributed by atoms with Crippen molar-refractivity contribution >= 4 is 17.4 Å². The van der Waals surface area contributed by atoms with Crippen LogP contribution in [0.4, 0.5) is 5.82 Å². The van der Waals surface area contributed by atoms with Gasteiger partial charge in [-0.2, -0.15) is 4.52 Å². The van der Waals surface area contributed by atoms with Crippen LogP contribution in [0.5, 0.6) is 0 Å². The van der Waals surface area contributed by atoms with Gasteiger partial charge in [0, 0.05) is 18.3 Å². The molecule has 160 valence electrons. The molecule has 0 spiro atoms. The molecule has 7 heteroatoms. The van der Waals surface area contributed by atoms with E-state index in [1.165, 1.54) is 4.52 Å². The molecule has 1 aliphatic carbocycles. The summed E-state index contributed by atoms with van der Waals surface area (Å²) >= 11 is 0.